The van der Waals surface area contributed by atoms with E-state index in [4.69, 9.17) is 0 Å². The number of aromatic nitrogens is 1. The van der Waals surface area contributed by atoms with Crippen molar-refractivity contribution >= 4 is 21.8 Å². The third-order valence-electron chi connectivity index (χ3n) is 3.65. The van der Waals surface area contributed by atoms with Crippen LogP contribution in [0.2, 0.25) is 0 Å². The normalized spacial score (nSPS) is 11.2. The molecule has 96 valence electrons. The first-order chi connectivity index (χ1) is 9.84. The molecule has 0 saturated heterocycles. The van der Waals surface area contributed by atoms with Gasteiger partial charge in [-0.25, -0.2) is 4.39 Å². The van der Waals surface area contributed by atoms with Crippen molar-refractivity contribution in [2.45, 2.75) is 0 Å². The molecule has 0 atom stereocenters. The average Bonchev–Trinajstić information content (AvgIpc) is 2.82. The fourth-order valence-electron chi connectivity index (χ4n) is 2.82. The molecule has 0 radical (unpaired) electrons. The van der Waals surface area contributed by atoms with Crippen molar-refractivity contribution < 1.29 is 4.39 Å². The van der Waals surface area contributed by atoms with Crippen LogP contribution in [0.15, 0.2) is 72.8 Å². The van der Waals surface area contributed by atoms with Crippen LogP contribution in [0.5, 0.6) is 0 Å². The predicted molar refractivity (Wildman–Crippen MR) is 80.7 cm³/mol. The lowest BCUT2D eigenvalue weighted by Crippen LogP contribution is -1.93. The van der Waals surface area contributed by atoms with Gasteiger partial charge in [-0.3, -0.25) is 0 Å². The Kier molecular flexibility index (Phi) is 2.36. The minimum absolute atomic E-state index is 0.218. The summed E-state index contributed by atoms with van der Waals surface area (Å²) in [5.41, 5.74) is 3.04. The Morgan fingerprint density at radius 1 is 0.650 bits per heavy atom. The molecule has 0 unspecified atom stereocenters. The molecule has 1 heterocycles. The first-order valence-corrected chi connectivity index (χ1v) is 6.59. The Hall–Kier alpha value is -2.61. The minimum Gasteiger partial charge on any atom is -0.309 e. The maximum absolute atomic E-state index is 13.5. The summed E-state index contributed by atoms with van der Waals surface area (Å²) in [6.45, 7) is 0. The van der Waals surface area contributed by atoms with Crippen LogP contribution in [0.1, 0.15) is 0 Å². The van der Waals surface area contributed by atoms with Crippen molar-refractivity contribution in [1.82, 2.24) is 4.57 Å². The van der Waals surface area contributed by atoms with Gasteiger partial charge in [0.15, 0.2) is 0 Å². The Bertz CT molecular complexity index is 868. The van der Waals surface area contributed by atoms with Gasteiger partial charge >= 0.3 is 0 Å². The predicted octanol–water partition coefficient (Wildman–Crippen LogP) is 4.92. The van der Waals surface area contributed by atoms with E-state index in [1.807, 2.05) is 30.3 Å². The molecule has 0 aliphatic heterocycles. The lowest BCUT2D eigenvalue weighted by Gasteiger charge is -2.07. The second kappa shape index (κ2) is 4.20. The quantitative estimate of drug-likeness (QED) is 0.458. The number of hydrogen-bond acceptors (Lipinski definition) is 0. The van der Waals surface area contributed by atoms with E-state index in [2.05, 4.69) is 28.8 Å². The summed E-state index contributed by atoms with van der Waals surface area (Å²) < 4.78 is 15.7. The highest BCUT2D eigenvalue weighted by Crippen LogP contribution is 2.31. The number of rotatable bonds is 1. The van der Waals surface area contributed by atoms with E-state index in [0.717, 1.165) is 16.7 Å². The van der Waals surface area contributed by atoms with Crippen LogP contribution >= 0.6 is 0 Å². The summed E-state index contributed by atoms with van der Waals surface area (Å²) in [5.74, 6) is -0.218. The molecular formula is C18H12FN. The number of para-hydroxylation sites is 2. The molecule has 4 rings (SSSR count). The van der Waals surface area contributed by atoms with Gasteiger partial charge in [0.1, 0.15) is 5.82 Å². The minimum atomic E-state index is -0.218. The van der Waals surface area contributed by atoms with Crippen molar-refractivity contribution in [3.8, 4) is 5.69 Å². The highest BCUT2D eigenvalue weighted by molar-refractivity contribution is 6.09. The van der Waals surface area contributed by atoms with Crippen molar-refractivity contribution in [3.05, 3.63) is 78.6 Å². The molecule has 20 heavy (non-hydrogen) atoms. The first kappa shape index (κ1) is 11.2. The number of nitrogens with zero attached hydrogens (tertiary/aromatic N) is 1. The number of halogens is 1. The lowest BCUT2D eigenvalue weighted by atomic mass is 10.2. The summed E-state index contributed by atoms with van der Waals surface area (Å²) in [6.07, 6.45) is 0. The Morgan fingerprint density at radius 3 is 1.85 bits per heavy atom. The van der Waals surface area contributed by atoms with Gasteiger partial charge in [-0.1, -0.05) is 42.5 Å². The summed E-state index contributed by atoms with van der Waals surface area (Å²) in [4.78, 5) is 0. The average molecular weight is 261 g/mol. The van der Waals surface area contributed by atoms with Gasteiger partial charge in [-0.2, -0.15) is 0 Å². The number of hydrogen-bond donors (Lipinski definition) is 0. The zero-order valence-corrected chi connectivity index (χ0v) is 10.8. The van der Waals surface area contributed by atoms with Crippen LogP contribution in [0.25, 0.3) is 27.5 Å². The molecular weight excluding hydrogens is 249 g/mol. The van der Waals surface area contributed by atoms with Gasteiger partial charge in [-0.05, 0) is 30.3 Å². The van der Waals surface area contributed by atoms with E-state index in [1.54, 1.807) is 12.1 Å². The summed E-state index contributed by atoms with van der Waals surface area (Å²) in [7, 11) is 0. The van der Waals surface area contributed by atoms with Gasteiger partial charge in [0.05, 0.1) is 11.0 Å². The fourth-order valence-corrected chi connectivity index (χ4v) is 2.82. The summed E-state index contributed by atoms with van der Waals surface area (Å²) in [5, 5.41) is 2.37. The van der Waals surface area contributed by atoms with Crippen molar-refractivity contribution in [1.29, 1.82) is 0 Å². The van der Waals surface area contributed by atoms with Crippen LogP contribution in [0.4, 0.5) is 4.39 Å². The first-order valence-electron chi connectivity index (χ1n) is 6.59. The van der Waals surface area contributed by atoms with E-state index < -0.39 is 0 Å². The Morgan fingerprint density at radius 2 is 1.25 bits per heavy atom. The molecule has 0 N–H and O–H groups in total. The molecule has 0 aliphatic carbocycles. The van der Waals surface area contributed by atoms with Crippen LogP contribution in [-0.4, -0.2) is 4.57 Å². The van der Waals surface area contributed by atoms with Gasteiger partial charge in [0, 0.05) is 16.5 Å². The standard InChI is InChI=1S/C18H12FN/c19-13-6-5-7-14(12-13)20-17-10-3-1-8-15(17)16-9-2-4-11-18(16)20/h1-12H. The SMILES string of the molecule is Fc1cccc(-n2c3ccccc3c3ccccc32)c1. The molecule has 0 aliphatic rings. The molecule has 4 aromatic rings. The highest BCUT2D eigenvalue weighted by Gasteiger charge is 2.11. The van der Waals surface area contributed by atoms with E-state index in [0.29, 0.717) is 0 Å². The van der Waals surface area contributed by atoms with Gasteiger partial charge in [0.25, 0.3) is 0 Å². The fraction of sp³-hybridized carbons (Fsp3) is 0. The highest BCUT2D eigenvalue weighted by atomic mass is 19.1. The molecule has 0 fully saturated rings. The Balaban J connectivity index is 2.21. The second-order valence-corrected chi connectivity index (χ2v) is 4.85. The van der Waals surface area contributed by atoms with Crippen LogP contribution in [0.3, 0.4) is 0 Å². The topological polar surface area (TPSA) is 4.93 Å². The van der Waals surface area contributed by atoms with Gasteiger partial charge in [-0.15, -0.1) is 0 Å². The van der Waals surface area contributed by atoms with E-state index in [9.17, 15) is 4.39 Å². The third kappa shape index (κ3) is 1.55. The Labute approximate surface area is 115 Å². The smallest absolute Gasteiger partial charge is 0.125 e. The van der Waals surface area contributed by atoms with E-state index in [1.165, 1.54) is 16.8 Å². The maximum atomic E-state index is 13.5. The zero-order chi connectivity index (χ0) is 13.5. The van der Waals surface area contributed by atoms with Crippen LogP contribution in [-0.2, 0) is 0 Å². The van der Waals surface area contributed by atoms with Crippen molar-refractivity contribution in [2.75, 3.05) is 0 Å². The number of fused-ring (bicyclic) bond motifs is 3. The van der Waals surface area contributed by atoms with Crippen LogP contribution < -0.4 is 0 Å². The van der Waals surface area contributed by atoms with E-state index in [-0.39, 0.29) is 5.82 Å². The largest absolute Gasteiger partial charge is 0.309 e. The molecule has 0 saturated carbocycles. The molecule has 3 aromatic carbocycles. The molecule has 1 aromatic heterocycles. The summed E-state index contributed by atoms with van der Waals surface area (Å²) in [6, 6.07) is 23.2. The number of benzene rings is 3. The van der Waals surface area contributed by atoms with Crippen LogP contribution in [0, 0.1) is 5.82 Å². The lowest BCUT2D eigenvalue weighted by molar-refractivity contribution is 0.627. The zero-order valence-electron chi connectivity index (χ0n) is 10.8. The molecule has 1 nitrogen and oxygen atoms in total. The second-order valence-electron chi connectivity index (χ2n) is 4.85. The van der Waals surface area contributed by atoms with E-state index >= 15 is 0 Å². The third-order valence-corrected chi connectivity index (χ3v) is 3.65. The van der Waals surface area contributed by atoms with Gasteiger partial charge in [0.2, 0.25) is 0 Å². The maximum Gasteiger partial charge on any atom is 0.125 e. The van der Waals surface area contributed by atoms with Crippen molar-refractivity contribution in [3.63, 3.8) is 0 Å². The summed E-state index contributed by atoms with van der Waals surface area (Å²) >= 11 is 0. The molecule has 2 heteroatoms. The monoisotopic (exact) mass is 261 g/mol. The molecule has 0 amide bonds. The molecule has 0 bridgehead atoms. The van der Waals surface area contributed by atoms with Crippen molar-refractivity contribution in [2.24, 2.45) is 0 Å². The molecule has 0 spiro atoms. The van der Waals surface area contributed by atoms with Gasteiger partial charge < -0.3 is 4.57 Å².